The van der Waals surface area contributed by atoms with E-state index in [0.29, 0.717) is 12.8 Å². The fourth-order valence-corrected chi connectivity index (χ4v) is 9.33. The van der Waals surface area contributed by atoms with Gasteiger partial charge in [0.15, 0.2) is 30.4 Å². The lowest BCUT2D eigenvalue weighted by Crippen LogP contribution is -2.58. The van der Waals surface area contributed by atoms with Crippen LogP contribution in [0.4, 0.5) is 0 Å². The van der Waals surface area contributed by atoms with Gasteiger partial charge in [-0.05, 0) is 65.0 Å². The summed E-state index contributed by atoms with van der Waals surface area (Å²) in [7, 11) is 4.85. The van der Waals surface area contributed by atoms with Crippen molar-refractivity contribution in [1.29, 1.82) is 0 Å². The topological polar surface area (TPSA) is 237 Å². The van der Waals surface area contributed by atoms with E-state index in [1.165, 1.54) is 6.07 Å². The van der Waals surface area contributed by atoms with Crippen LogP contribution in [0, 0.1) is 0 Å². The fourth-order valence-electron chi connectivity index (χ4n) is 9.33. The van der Waals surface area contributed by atoms with Crippen molar-refractivity contribution in [3.8, 4) is 17.2 Å². The number of ketones is 3. The van der Waals surface area contributed by atoms with Gasteiger partial charge in [-0.1, -0.05) is 6.92 Å². The van der Waals surface area contributed by atoms with Gasteiger partial charge >= 0.3 is 5.97 Å². The number of aliphatic hydroxyl groups is 2. The lowest BCUT2D eigenvalue weighted by Gasteiger charge is -2.48. The van der Waals surface area contributed by atoms with Gasteiger partial charge in [-0.3, -0.25) is 19.2 Å². The number of carbonyl (C=O) groups is 4. The van der Waals surface area contributed by atoms with E-state index in [1.807, 2.05) is 19.0 Å². The summed E-state index contributed by atoms with van der Waals surface area (Å²) < 4.78 is 42.6. The Balaban J connectivity index is 1.14. The number of ether oxygens (including phenoxy) is 7. The standard InChI is InChI=1S/C42H53NO16/c1-8-42(52)16-27(31-20(35(42)41(51)53-7)13-21-32(37(31)49)38(50)34-25(46)10-9-24(45)33(34)36(21)48)57-29-14-22(43(5)6)39(18(3)55-29)59-30-15-26(47)40(19(4)56-30)58-28-12-11-23(44)17(2)54-28/h9-10,13,17-19,22,26-30,35,39-40,45-47,49,52H,8,11-12,14-16H2,1-7H3/t17-,18-,19-,22-,26-,27-,28+,29+,30+,35+,39-,40-,42+/m1/s1. The number of rotatable bonds is 9. The largest absolute Gasteiger partial charge is 0.507 e. The molecule has 0 spiro atoms. The number of fused-ring (bicyclic) bond motifs is 3. The number of esters is 1. The van der Waals surface area contributed by atoms with Crippen molar-refractivity contribution in [2.24, 2.45) is 0 Å². The molecule has 59 heavy (non-hydrogen) atoms. The second-order valence-electron chi connectivity index (χ2n) is 16.4. The first-order valence-electron chi connectivity index (χ1n) is 20.0. The molecule has 2 aliphatic carbocycles. The van der Waals surface area contributed by atoms with Crippen molar-refractivity contribution in [2.45, 2.75) is 145 Å². The molecule has 3 aliphatic heterocycles. The SMILES string of the molecule is CC[C@]1(O)C[C@@H](O[C@H]2C[C@@H](N(C)C)[C@H](O[C@H]3C[C@@H](O)[C@H](O[C@H]4CCC(=O)[C@@H](C)O4)[C@@H](C)O3)[C@@H](C)O2)c2c(cc3c(c2O)C(=O)c2c(O)ccc(O)c2C3=O)[C@H]1C(=O)OC. The van der Waals surface area contributed by atoms with Crippen molar-refractivity contribution in [2.75, 3.05) is 21.2 Å². The zero-order valence-corrected chi connectivity index (χ0v) is 34.1. The van der Waals surface area contributed by atoms with E-state index in [4.69, 9.17) is 33.2 Å². The highest BCUT2D eigenvalue weighted by Gasteiger charge is 2.54. The van der Waals surface area contributed by atoms with E-state index in [9.17, 15) is 44.7 Å². The Hall–Kier alpha value is -4.04. The summed E-state index contributed by atoms with van der Waals surface area (Å²) in [6, 6.07) is 3.01. The molecule has 17 nitrogen and oxygen atoms in total. The Morgan fingerprint density at radius 3 is 2.07 bits per heavy atom. The molecule has 3 fully saturated rings. The number of phenols is 3. The van der Waals surface area contributed by atoms with Crippen LogP contribution in [-0.2, 0) is 42.7 Å². The maximum Gasteiger partial charge on any atom is 0.316 e. The molecule has 13 atom stereocenters. The number of hydrogen-bond donors (Lipinski definition) is 5. The van der Waals surface area contributed by atoms with E-state index in [1.54, 1.807) is 27.7 Å². The van der Waals surface area contributed by atoms with Crippen LogP contribution >= 0.6 is 0 Å². The van der Waals surface area contributed by atoms with Gasteiger partial charge in [0.1, 0.15) is 41.5 Å². The second kappa shape index (κ2) is 16.4. The molecule has 3 heterocycles. The molecule has 17 heteroatoms. The molecule has 5 aliphatic rings. The van der Waals surface area contributed by atoms with E-state index >= 15 is 0 Å². The molecule has 0 radical (unpaired) electrons. The molecule has 0 aromatic heterocycles. The van der Waals surface area contributed by atoms with Crippen LogP contribution in [0.3, 0.4) is 0 Å². The molecule has 0 amide bonds. The number of Topliss-reactive ketones (excluding diaryl/α,β-unsaturated/α-hetero) is 1. The first-order valence-corrected chi connectivity index (χ1v) is 20.0. The van der Waals surface area contributed by atoms with Crippen molar-refractivity contribution < 1.29 is 77.9 Å². The lowest BCUT2D eigenvalue weighted by molar-refractivity contribution is -0.324. The highest BCUT2D eigenvalue weighted by Crippen LogP contribution is 2.54. The predicted molar refractivity (Wildman–Crippen MR) is 203 cm³/mol. The number of hydrogen-bond acceptors (Lipinski definition) is 17. The Morgan fingerprint density at radius 2 is 1.47 bits per heavy atom. The highest BCUT2D eigenvalue weighted by atomic mass is 16.7. The minimum Gasteiger partial charge on any atom is -0.507 e. The van der Waals surface area contributed by atoms with E-state index in [-0.39, 0.29) is 54.2 Å². The molecule has 322 valence electrons. The highest BCUT2D eigenvalue weighted by molar-refractivity contribution is 6.31. The molecule has 5 N–H and O–H groups in total. The van der Waals surface area contributed by atoms with Gasteiger partial charge in [0, 0.05) is 49.3 Å². The normalized spacial score (nSPS) is 35.9. The average Bonchev–Trinajstić information content (AvgIpc) is 3.17. The van der Waals surface area contributed by atoms with Gasteiger partial charge in [-0.2, -0.15) is 0 Å². The molecule has 2 aromatic rings. The molecular formula is C42H53NO16. The first-order chi connectivity index (χ1) is 27.9. The number of aliphatic hydroxyl groups excluding tert-OH is 1. The summed E-state index contributed by atoms with van der Waals surface area (Å²) in [5, 5.41) is 56.5. The average molecular weight is 828 g/mol. The van der Waals surface area contributed by atoms with Gasteiger partial charge in [0.25, 0.3) is 0 Å². The summed E-state index contributed by atoms with van der Waals surface area (Å²) in [4.78, 5) is 55.1. The summed E-state index contributed by atoms with van der Waals surface area (Å²) in [6.45, 7) is 6.89. The number of benzene rings is 2. The van der Waals surface area contributed by atoms with Crippen molar-refractivity contribution in [3.63, 3.8) is 0 Å². The van der Waals surface area contributed by atoms with Crippen LogP contribution in [0.25, 0.3) is 0 Å². The van der Waals surface area contributed by atoms with Gasteiger partial charge < -0.3 is 63.6 Å². The summed E-state index contributed by atoms with van der Waals surface area (Å²) >= 11 is 0. The molecule has 7 rings (SSSR count). The van der Waals surface area contributed by atoms with E-state index < -0.39 is 125 Å². The molecule has 0 bridgehead atoms. The summed E-state index contributed by atoms with van der Waals surface area (Å²) in [5.41, 5.74) is -3.58. The van der Waals surface area contributed by atoms with Crippen molar-refractivity contribution in [1.82, 2.24) is 4.90 Å². The summed E-state index contributed by atoms with van der Waals surface area (Å²) in [6.07, 6.45) is -6.99. The zero-order valence-electron chi connectivity index (χ0n) is 34.1. The maximum absolute atomic E-state index is 14.0. The van der Waals surface area contributed by atoms with E-state index in [2.05, 4.69) is 0 Å². The Kier molecular flexibility index (Phi) is 12.0. The number of phenolic OH excluding ortho intramolecular Hbond substituents is 3. The zero-order chi connectivity index (χ0) is 42.8. The first kappa shape index (κ1) is 43.1. The summed E-state index contributed by atoms with van der Waals surface area (Å²) in [5.74, 6) is -5.90. The number of methoxy groups -OCH3 is 1. The Labute approximate surface area is 341 Å². The molecule has 2 aromatic carbocycles. The van der Waals surface area contributed by atoms with Crippen LogP contribution in [0.5, 0.6) is 17.2 Å². The van der Waals surface area contributed by atoms with Gasteiger partial charge in [0.05, 0.1) is 53.8 Å². The minimum atomic E-state index is -1.81. The smallest absolute Gasteiger partial charge is 0.316 e. The number of carbonyl (C=O) groups excluding carboxylic acids is 4. The van der Waals surface area contributed by atoms with Crippen molar-refractivity contribution in [3.05, 3.63) is 51.6 Å². The Bertz CT molecular complexity index is 1990. The van der Waals surface area contributed by atoms with Crippen LogP contribution < -0.4 is 0 Å². The van der Waals surface area contributed by atoms with Gasteiger partial charge in [-0.25, -0.2) is 0 Å². The molecule has 0 unspecified atom stereocenters. The molecule has 0 saturated carbocycles. The maximum atomic E-state index is 14.0. The fraction of sp³-hybridized carbons (Fsp3) is 0.619. The number of aromatic hydroxyl groups is 3. The van der Waals surface area contributed by atoms with Crippen LogP contribution in [0.15, 0.2) is 18.2 Å². The predicted octanol–water partition coefficient (Wildman–Crippen LogP) is 2.86. The number of likely N-dealkylation sites (N-methyl/N-ethyl adjacent to an activating group) is 1. The quantitative estimate of drug-likeness (QED) is 0.154. The monoisotopic (exact) mass is 827 g/mol. The number of nitrogens with zero attached hydrogens (tertiary/aromatic N) is 1. The third-order valence-corrected chi connectivity index (χ3v) is 12.5. The minimum absolute atomic E-state index is 0.00116. The third-order valence-electron chi connectivity index (χ3n) is 12.5. The van der Waals surface area contributed by atoms with Crippen LogP contribution in [0.2, 0.25) is 0 Å². The Morgan fingerprint density at radius 1 is 0.864 bits per heavy atom. The molecule has 3 saturated heterocycles. The lowest BCUT2D eigenvalue weighted by atomic mass is 9.67. The van der Waals surface area contributed by atoms with Crippen LogP contribution in [-0.4, -0.2) is 142 Å². The second-order valence-corrected chi connectivity index (χ2v) is 16.4. The van der Waals surface area contributed by atoms with Gasteiger partial charge in [0.2, 0.25) is 5.78 Å². The van der Waals surface area contributed by atoms with Crippen LogP contribution in [0.1, 0.15) is 121 Å². The van der Waals surface area contributed by atoms with Crippen molar-refractivity contribution >= 4 is 23.3 Å². The molecular weight excluding hydrogens is 774 g/mol. The third kappa shape index (κ3) is 7.65. The van der Waals surface area contributed by atoms with Gasteiger partial charge in [-0.15, -0.1) is 0 Å². The van der Waals surface area contributed by atoms with E-state index in [0.717, 1.165) is 19.2 Å².